The normalized spacial score (nSPS) is 12.3. The third-order valence-electron chi connectivity index (χ3n) is 3.22. The molecule has 1 unspecified atom stereocenters. The van der Waals surface area contributed by atoms with Crippen molar-refractivity contribution < 1.29 is 9.32 Å². The van der Waals surface area contributed by atoms with E-state index in [1.54, 1.807) is 0 Å². The van der Waals surface area contributed by atoms with Gasteiger partial charge in [0.05, 0.1) is 5.69 Å². The van der Waals surface area contributed by atoms with Crippen molar-refractivity contribution >= 4 is 22.5 Å². The van der Waals surface area contributed by atoms with Gasteiger partial charge in [0.15, 0.2) is 11.0 Å². The van der Waals surface area contributed by atoms with Crippen LogP contribution in [0.15, 0.2) is 16.2 Å². The maximum atomic E-state index is 12.2. The Bertz CT molecular complexity index is 826. The Morgan fingerprint density at radius 3 is 2.88 bits per heavy atom. The van der Waals surface area contributed by atoms with Crippen LogP contribution in [0.4, 0.5) is 9.93 Å². The number of carbonyl (C=O) groups excluding carboxylic acids is 1. The first-order valence-corrected chi connectivity index (χ1v) is 8.58. The summed E-state index contributed by atoms with van der Waals surface area (Å²) in [6.07, 6.45) is 2.00. The molecular formula is C14H18N8O2S. The summed E-state index contributed by atoms with van der Waals surface area (Å²) in [5, 5.41) is 18.3. The molecule has 0 saturated heterocycles. The van der Waals surface area contributed by atoms with Crippen LogP contribution in [0.5, 0.6) is 0 Å². The number of nitrogens with one attached hydrogen (secondary N) is 3. The zero-order valence-corrected chi connectivity index (χ0v) is 14.8. The molecule has 11 heteroatoms. The maximum absolute atomic E-state index is 12.2. The molecule has 0 aliphatic heterocycles. The number of thiazole rings is 1. The first-order valence-electron chi connectivity index (χ1n) is 7.70. The zero-order valence-electron chi connectivity index (χ0n) is 14.0. The number of aryl methyl sites for hydroxylation is 1. The van der Waals surface area contributed by atoms with Gasteiger partial charge >= 0.3 is 6.03 Å². The van der Waals surface area contributed by atoms with Crippen LogP contribution in [0, 0.1) is 12.8 Å². The van der Waals surface area contributed by atoms with Crippen molar-refractivity contribution in [2.24, 2.45) is 5.92 Å². The van der Waals surface area contributed by atoms with Crippen molar-refractivity contribution in [3.05, 3.63) is 23.3 Å². The number of hydrogen-bond acceptors (Lipinski definition) is 8. The molecule has 132 valence electrons. The number of rotatable bonds is 6. The average molecular weight is 362 g/mol. The van der Waals surface area contributed by atoms with E-state index in [4.69, 9.17) is 4.52 Å². The highest BCUT2D eigenvalue weighted by molar-refractivity contribution is 7.13. The second kappa shape index (κ2) is 7.38. The first kappa shape index (κ1) is 17.0. The van der Waals surface area contributed by atoms with E-state index in [2.05, 4.69) is 40.9 Å². The number of H-pyrrole nitrogens is 1. The molecule has 0 aromatic carbocycles. The van der Waals surface area contributed by atoms with Crippen LogP contribution < -0.4 is 10.6 Å². The van der Waals surface area contributed by atoms with E-state index in [-0.39, 0.29) is 6.03 Å². The number of aromatic amines is 1. The van der Waals surface area contributed by atoms with Crippen molar-refractivity contribution in [1.82, 2.24) is 35.6 Å². The SMILES string of the molecule is Cc1csc(NC(=O)NC(CC(C)C)c2nc(-c3ncn[nH]3)no2)n1. The van der Waals surface area contributed by atoms with Gasteiger partial charge in [-0.1, -0.05) is 19.0 Å². The number of urea groups is 1. The molecule has 25 heavy (non-hydrogen) atoms. The quantitative estimate of drug-likeness (QED) is 0.613. The summed E-state index contributed by atoms with van der Waals surface area (Å²) in [5.41, 5.74) is 0.854. The highest BCUT2D eigenvalue weighted by atomic mass is 32.1. The molecule has 0 radical (unpaired) electrons. The van der Waals surface area contributed by atoms with Gasteiger partial charge in [0.1, 0.15) is 12.4 Å². The highest BCUT2D eigenvalue weighted by Gasteiger charge is 2.24. The molecule has 0 fully saturated rings. The molecular weight excluding hydrogens is 344 g/mol. The van der Waals surface area contributed by atoms with Gasteiger partial charge in [-0.25, -0.2) is 14.8 Å². The minimum atomic E-state index is -0.426. The van der Waals surface area contributed by atoms with Gasteiger partial charge in [-0.3, -0.25) is 10.4 Å². The van der Waals surface area contributed by atoms with Crippen LogP contribution in [0.25, 0.3) is 11.6 Å². The van der Waals surface area contributed by atoms with Crippen molar-refractivity contribution in [2.45, 2.75) is 33.2 Å². The van der Waals surface area contributed by atoms with E-state index in [1.165, 1.54) is 17.7 Å². The summed E-state index contributed by atoms with van der Waals surface area (Å²) in [7, 11) is 0. The van der Waals surface area contributed by atoms with Crippen LogP contribution in [0.1, 0.15) is 37.9 Å². The largest absolute Gasteiger partial charge is 0.337 e. The third-order valence-corrected chi connectivity index (χ3v) is 4.09. The lowest BCUT2D eigenvalue weighted by Crippen LogP contribution is -2.33. The lowest BCUT2D eigenvalue weighted by Gasteiger charge is -2.16. The Hall–Kier alpha value is -2.82. The fourth-order valence-corrected chi connectivity index (χ4v) is 2.87. The molecule has 1 atom stereocenters. The van der Waals surface area contributed by atoms with E-state index in [0.29, 0.717) is 35.0 Å². The topological polar surface area (TPSA) is 135 Å². The Balaban J connectivity index is 1.72. The summed E-state index contributed by atoms with van der Waals surface area (Å²) in [4.78, 5) is 24.7. The predicted molar refractivity (Wildman–Crippen MR) is 90.9 cm³/mol. The Morgan fingerprint density at radius 1 is 1.40 bits per heavy atom. The number of carbonyl (C=O) groups is 1. The van der Waals surface area contributed by atoms with Gasteiger partial charge in [0.2, 0.25) is 11.7 Å². The molecule has 10 nitrogen and oxygen atoms in total. The minimum Gasteiger partial charge on any atom is -0.337 e. The minimum absolute atomic E-state index is 0.291. The van der Waals surface area contributed by atoms with Crippen molar-refractivity contribution in [2.75, 3.05) is 5.32 Å². The van der Waals surface area contributed by atoms with E-state index >= 15 is 0 Å². The lowest BCUT2D eigenvalue weighted by atomic mass is 10.0. The molecule has 2 amide bonds. The second-order valence-corrected chi connectivity index (χ2v) is 6.72. The van der Waals surface area contributed by atoms with E-state index in [9.17, 15) is 4.79 Å². The molecule has 0 aliphatic carbocycles. The summed E-state index contributed by atoms with van der Waals surface area (Å²) in [6.45, 7) is 5.96. The Kier molecular flexibility index (Phi) is 5.03. The molecule has 3 rings (SSSR count). The summed E-state index contributed by atoms with van der Waals surface area (Å²) < 4.78 is 5.30. The van der Waals surface area contributed by atoms with E-state index in [1.807, 2.05) is 26.2 Å². The fourth-order valence-electron chi connectivity index (χ4n) is 2.18. The monoisotopic (exact) mass is 362 g/mol. The number of anilines is 1. The number of nitrogens with zero attached hydrogens (tertiary/aromatic N) is 5. The van der Waals surface area contributed by atoms with Crippen LogP contribution in [0.2, 0.25) is 0 Å². The lowest BCUT2D eigenvalue weighted by molar-refractivity contribution is 0.240. The van der Waals surface area contributed by atoms with Crippen LogP contribution in [-0.4, -0.2) is 36.3 Å². The summed E-state index contributed by atoms with van der Waals surface area (Å²) in [6, 6.07) is -0.801. The van der Waals surface area contributed by atoms with Gasteiger partial charge in [0, 0.05) is 5.38 Å². The number of amides is 2. The van der Waals surface area contributed by atoms with Gasteiger partial charge in [-0.2, -0.15) is 10.1 Å². The average Bonchev–Trinajstić information content (AvgIpc) is 3.26. The maximum Gasteiger partial charge on any atom is 0.321 e. The molecule has 3 aromatic rings. The van der Waals surface area contributed by atoms with E-state index < -0.39 is 6.04 Å². The molecule has 3 aromatic heterocycles. The van der Waals surface area contributed by atoms with Gasteiger partial charge in [-0.05, 0) is 19.3 Å². The first-order chi connectivity index (χ1) is 12.0. The van der Waals surface area contributed by atoms with Crippen molar-refractivity contribution in [3.8, 4) is 11.6 Å². The van der Waals surface area contributed by atoms with Crippen LogP contribution in [-0.2, 0) is 0 Å². The Morgan fingerprint density at radius 2 is 2.24 bits per heavy atom. The highest BCUT2D eigenvalue weighted by Crippen LogP contribution is 2.22. The smallest absolute Gasteiger partial charge is 0.321 e. The molecule has 0 spiro atoms. The molecule has 0 bridgehead atoms. The Labute approximate surface area is 147 Å². The van der Waals surface area contributed by atoms with E-state index in [0.717, 1.165) is 5.69 Å². The third kappa shape index (κ3) is 4.38. The second-order valence-electron chi connectivity index (χ2n) is 5.86. The zero-order chi connectivity index (χ0) is 17.8. The predicted octanol–water partition coefficient (Wildman–Crippen LogP) is 2.53. The van der Waals surface area contributed by atoms with Crippen molar-refractivity contribution in [1.29, 1.82) is 0 Å². The molecule has 0 aliphatic rings. The van der Waals surface area contributed by atoms with Gasteiger partial charge < -0.3 is 9.84 Å². The van der Waals surface area contributed by atoms with Crippen molar-refractivity contribution in [3.63, 3.8) is 0 Å². The van der Waals surface area contributed by atoms with Crippen LogP contribution >= 0.6 is 11.3 Å². The molecule has 3 N–H and O–H groups in total. The van der Waals surface area contributed by atoms with Gasteiger partial charge in [-0.15, -0.1) is 11.3 Å². The number of aromatic nitrogens is 6. The molecule has 3 heterocycles. The standard InChI is InChI=1S/C14H18N8O2S/c1-7(2)4-9(18-13(23)20-14-17-8(3)5-25-14)12-19-11(22-24-12)10-15-6-16-21-10/h5-7,9H,4H2,1-3H3,(H,15,16,21)(H2,17,18,20,23). The van der Waals surface area contributed by atoms with Gasteiger partial charge in [0.25, 0.3) is 0 Å². The fraction of sp³-hybridized carbons (Fsp3) is 0.429. The number of hydrogen-bond donors (Lipinski definition) is 3. The molecule has 0 saturated carbocycles. The van der Waals surface area contributed by atoms with Crippen LogP contribution in [0.3, 0.4) is 0 Å². The summed E-state index contributed by atoms with van der Waals surface area (Å²) in [5.74, 6) is 1.32. The summed E-state index contributed by atoms with van der Waals surface area (Å²) >= 11 is 1.36.